The van der Waals surface area contributed by atoms with E-state index in [9.17, 15) is 17.1 Å². The highest BCUT2D eigenvalue weighted by Gasteiger charge is 2.32. The Balaban J connectivity index is 1.62. The summed E-state index contributed by atoms with van der Waals surface area (Å²) in [6.07, 6.45) is 0. The van der Waals surface area contributed by atoms with Crippen molar-refractivity contribution in [2.24, 2.45) is 21.5 Å². The van der Waals surface area contributed by atoms with Gasteiger partial charge in [0, 0.05) is 17.9 Å². The number of hydrogen-bond donors (Lipinski definition) is 4. The Hall–Kier alpha value is -3.67. The van der Waals surface area contributed by atoms with E-state index in [4.69, 9.17) is 11.5 Å². The van der Waals surface area contributed by atoms with Crippen LogP contribution in [0.5, 0.6) is 0 Å². The van der Waals surface area contributed by atoms with Crippen LogP contribution in [0.15, 0.2) is 57.3 Å². The molecule has 0 atom stereocenters. The smallest absolute Gasteiger partial charge is 0.332 e. The molecule has 1 aliphatic heterocycles. The first kappa shape index (κ1) is 23.0. The maximum absolute atomic E-state index is 13.1. The van der Waals surface area contributed by atoms with Crippen LogP contribution in [-0.4, -0.2) is 32.0 Å². The van der Waals surface area contributed by atoms with Crippen molar-refractivity contribution in [3.05, 3.63) is 53.6 Å². The van der Waals surface area contributed by atoms with Gasteiger partial charge < -0.3 is 22.1 Å². The number of benzene rings is 2. The first-order valence-corrected chi connectivity index (χ1v) is 10.9. The van der Waals surface area contributed by atoms with Crippen LogP contribution in [0.4, 0.5) is 20.1 Å². The molecule has 170 valence electrons. The molecule has 1 aliphatic rings. The molecule has 0 aromatic heterocycles. The predicted molar refractivity (Wildman–Crippen MR) is 122 cm³/mol. The van der Waals surface area contributed by atoms with E-state index in [1.165, 1.54) is 6.07 Å². The fourth-order valence-electron chi connectivity index (χ4n) is 3.29. The number of carbonyl (C=O) groups excluding carboxylic acids is 1. The number of aliphatic imine (C=N–C) groups is 2. The number of nitrogens with one attached hydrogen (secondary N) is 2. The van der Waals surface area contributed by atoms with Crippen molar-refractivity contribution in [2.75, 3.05) is 10.2 Å². The molecule has 0 fully saturated rings. The molecule has 0 saturated heterocycles. The molecule has 2 aromatic carbocycles. The van der Waals surface area contributed by atoms with E-state index in [0.717, 1.165) is 23.4 Å². The molecular weight excluding hydrogens is 437 g/mol. The Bertz CT molecular complexity index is 1210. The lowest BCUT2D eigenvalue weighted by molar-refractivity contribution is 0.251. The summed E-state index contributed by atoms with van der Waals surface area (Å²) in [7, 11) is -4.80. The van der Waals surface area contributed by atoms with Gasteiger partial charge in [0.05, 0.1) is 4.90 Å². The van der Waals surface area contributed by atoms with Gasteiger partial charge in [-0.2, -0.15) is 13.4 Å². The van der Waals surface area contributed by atoms with Crippen LogP contribution in [0.2, 0.25) is 0 Å². The fraction of sp³-hybridized carbons (Fsp3) is 0.250. The van der Waals surface area contributed by atoms with Crippen LogP contribution in [0, 0.1) is 6.92 Å². The SMILES string of the molecule is Cc1cc(S(=O)(=O)F)ccc1NC(=O)NCc1ccc(N2C(N)=NC(N)=NC2(C)C)cc1. The maximum Gasteiger partial charge on any atom is 0.332 e. The van der Waals surface area contributed by atoms with Crippen molar-refractivity contribution >= 4 is 39.5 Å². The zero-order chi connectivity index (χ0) is 23.7. The molecule has 2 amide bonds. The first-order chi connectivity index (χ1) is 14.9. The van der Waals surface area contributed by atoms with Crippen molar-refractivity contribution < 1.29 is 17.1 Å². The largest absolute Gasteiger partial charge is 0.369 e. The Morgan fingerprint density at radius 3 is 2.38 bits per heavy atom. The lowest BCUT2D eigenvalue weighted by atomic mass is 10.1. The summed E-state index contributed by atoms with van der Waals surface area (Å²) < 4.78 is 35.0. The van der Waals surface area contributed by atoms with Gasteiger partial charge in [-0.25, -0.2) is 9.79 Å². The standard InChI is InChI=1S/C20H24FN7O3S/c1-12-10-15(32(21,30)31)8-9-16(12)25-19(29)24-11-13-4-6-14(7-5-13)28-18(23)26-17(22)27-20(28,2)3/h4-10H,11H2,1-3H3,(H2,24,25,29)(H4,22,23,26,27). The van der Waals surface area contributed by atoms with Crippen LogP contribution in [0.25, 0.3) is 0 Å². The molecular formula is C20H24FN7O3S. The van der Waals surface area contributed by atoms with E-state index < -0.39 is 26.8 Å². The monoisotopic (exact) mass is 461 g/mol. The van der Waals surface area contributed by atoms with Crippen LogP contribution < -0.4 is 27.0 Å². The van der Waals surface area contributed by atoms with E-state index >= 15 is 0 Å². The van der Waals surface area contributed by atoms with Crippen LogP contribution in [0.3, 0.4) is 0 Å². The van der Waals surface area contributed by atoms with Crippen molar-refractivity contribution in [3.8, 4) is 0 Å². The number of nitrogens with two attached hydrogens (primary N) is 2. The average molecular weight is 462 g/mol. The molecule has 12 heteroatoms. The van der Waals surface area contributed by atoms with E-state index in [2.05, 4.69) is 20.6 Å². The highest BCUT2D eigenvalue weighted by Crippen LogP contribution is 2.27. The third kappa shape index (κ3) is 5.14. The molecule has 0 spiro atoms. The second kappa shape index (κ2) is 8.46. The number of carbonyl (C=O) groups is 1. The number of amides is 2. The molecule has 3 rings (SSSR count). The van der Waals surface area contributed by atoms with Gasteiger partial charge in [0.25, 0.3) is 0 Å². The minimum Gasteiger partial charge on any atom is -0.369 e. The molecule has 1 heterocycles. The summed E-state index contributed by atoms with van der Waals surface area (Å²) in [6.45, 7) is 5.52. The van der Waals surface area contributed by atoms with Crippen LogP contribution in [0.1, 0.15) is 25.0 Å². The molecule has 0 bridgehead atoms. The van der Waals surface area contributed by atoms with Gasteiger partial charge in [0.2, 0.25) is 11.9 Å². The van der Waals surface area contributed by atoms with Crippen molar-refractivity contribution in [3.63, 3.8) is 0 Å². The predicted octanol–water partition coefficient (Wildman–Crippen LogP) is 2.16. The molecule has 32 heavy (non-hydrogen) atoms. The highest BCUT2D eigenvalue weighted by atomic mass is 32.3. The van der Waals surface area contributed by atoms with Crippen LogP contribution in [-0.2, 0) is 16.8 Å². The highest BCUT2D eigenvalue weighted by molar-refractivity contribution is 7.86. The number of hydrogen-bond acceptors (Lipinski definition) is 8. The molecule has 0 unspecified atom stereocenters. The summed E-state index contributed by atoms with van der Waals surface area (Å²) in [5.74, 6) is 0.349. The lowest BCUT2D eigenvalue weighted by Gasteiger charge is -2.38. The molecule has 0 saturated carbocycles. The number of rotatable bonds is 5. The fourth-order valence-corrected chi connectivity index (χ4v) is 3.84. The van der Waals surface area contributed by atoms with Gasteiger partial charge in [0.1, 0.15) is 5.66 Å². The summed E-state index contributed by atoms with van der Waals surface area (Å²) in [6, 6.07) is 10.4. The van der Waals surface area contributed by atoms with Gasteiger partial charge in [-0.3, -0.25) is 4.90 Å². The van der Waals surface area contributed by atoms with E-state index in [1.807, 2.05) is 38.1 Å². The molecule has 6 N–H and O–H groups in total. The summed E-state index contributed by atoms with van der Waals surface area (Å²) in [5.41, 5.74) is 13.4. The molecule has 0 radical (unpaired) electrons. The molecule has 10 nitrogen and oxygen atoms in total. The number of anilines is 2. The maximum atomic E-state index is 13.1. The quantitative estimate of drug-likeness (QED) is 0.500. The second-order valence-electron chi connectivity index (χ2n) is 7.66. The number of aryl methyl sites for hydroxylation is 1. The van der Waals surface area contributed by atoms with E-state index in [0.29, 0.717) is 11.3 Å². The van der Waals surface area contributed by atoms with E-state index in [-0.39, 0.29) is 18.5 Å². The third-order valence-corrected chi connectivity index (χ3v) is 5.59. The first-order valence-electron chi connectivity index (χ1n) is 9.55. The number of urea groups is 1. The Labute approximate surface area is 185 Å². The number of nitrogens with zero attached hydrogens (tertiary/aromatic N) is 3. The number of guanidine groups is 2. The lowest BCUT2D eigenvalue weighted by Crippen LogP contribution is -2.54. The Kier molecular flexibility index (Phi) is 6.08. The summed E-state index contributed by atoms with van der Waals surface area (Å²) in [4.78, 5) is 21.8. The summed E-state index contributed by atoms with van der Waals surface area (Å²) in [5, 5.41) is 5.32. The zero-order valence-corrected chi connectivity index (χ0v) is 18.6. The summed E-state index contributed by atoms with van der Waals surface area (Å²) >= 11 is 0. The van der Waals surface area contributed by atoms with Crippen LogP contribution >= 0.6 is 0 Å². The van der Waals surface area contributed by atoms with Gasteiger partial charge >= 0.3 is 16.3 Å². The Morgan fingerprint density at radius 2 is 1.81 bits per heavy atom. The van der Waals surface area contributed by atoms with Crippen molar-refractivity contribution in [2.45, 2.75) is 37.9 Å². The third-order valence-electron chi connectivity index (χ3n) is 4.77. The topological polar surface area (TPSA) is 155 Å². The molecule has 0 aliphatic carbocycles. The van der Waals surface area contributed by atoms with Gasteiger partial charge in [-0.1, -0.05) is 12.1 Å². The van der Waals surface area contributed by atoms with Crippen molar-refractivity contribution in [1.29, 1.82) is 0 Å². The zero-order valence-electron chi connectivity index (χ0n) is 17.8. The minimum absolute atomic E-state index is 0.117. The van der Waals surface area contributed by atoms with Gasteiger partial charge in [-0.05, 0) is 62.2 Å². The average Bonchev–Trinajstić information content (AvgIpc) is 2.66. The van der Waals surface area contributed by atoms with Gasteiger partial charge in [-0.15, -0.1) is 3.89 Å². The van der Waals surface area contributed by atoms with E-state index in [1.54, 1.807) is 11.8 Å². The van der Waals surface area contributed by atoms with Crippen molar-refractivity contribution in [1.82, 2.24) is 5.32 Å². The normalized spacial score (nSPS) is 15.6. The van der Waals surface area contributed by atoms with Gasteiger partial charge in [0.15, 0.2) is 0 Å². The number of halogens is 1. The second-order valence-corrected chi connectivity index (χ2v) is 9.01. The molecule has 2 aromatic rings. The minimum atomic E-state index is -4.80. The Morgan fingerprint density at radius 1 is 1.16 bits per heavy atom.